The number of amides is 4. The van der Waals surface area contributed by atoms with Crippen LogP contribution in [0.4, 0.5) is 9.59 Å². The Bertz CT molecular complexity index is 1900. The zero-order chi connectivity index (χ0) is 36.4. The fourth-order valence-corrected chi connectivity index (χ4v) is 7.19. The lowest BCUT2D eigenvalue weighted by atomic mass is 10.0. The fraction of sp³-hybridized carbons (Fsp3) is 0.459. The van der Waals surface area contributed by atoms with Gasteiger partial charge >= 0.3 is 12.2 Å². The molecule has 0 bridgehead atoms. The van der Waals surface area contributed by atoms with Crippen molar-refractivity contribution >= 4 is 35.0 Å². The first-order valence-corrected chi connectivity index (χ1v) is 17.6. The Balaban J connectivity index is 1.16. The Morgan fingerprint density at radius 2 is 1.37 bits per heavy atom. The van der Waals surface area contributed by atoms with Gasteiger partial charge in [0.05, 0.1) is 42.1 Å². The standard InChI is InChI=1S/C37H46N8O6/c1-20(2)30(42-36(48)49)34(46)44-16-6-8-28(44)32-38-19-27(41-32)23-12-10-22(11-13-23)24-14-15-25-26(18-24)40-33(39-25)29-9-7-17-45(29)35(47)31(21(3)4)43-37(50)51-5/h10-15,18-21,28-31,42H,6-9,16-17H2,1-5H3,(H,38,41)(H,39,40)(H,43,50)(H,48,49)/t28-,29-,30-,31-/m0/s1. The van der Waals surface area contributed by atoms with Gasteiger partial charge in [-0.1, -0.05) is 58.0 Å². The van der Waals surface area contributed by atoms with Crippen LogP contribution in [0.3, 0.4) is 0 Å². The number of hydrogen-bond donors (Lipinski definition) is 5. The molecular weight excluding hydrogens is 652 g/mol. The van der Waals surface area contributed by atoms with Crippen molar-refractivity contribution < 1.29 is 29.0 Å². The van der Waals surface area contributed by atoms with E-state index in [9.17, 15) is 24.3 Å². The van der Waals surface area contributed by atoms with Crippen LogP contribution in [0.15, 0.2) is 48.7 Å². The first-order valence-electron chi connectivity index (χ1n) is 17.6. The summed E-state index contributed by atoms with van der Waals surface area (Å²) < 4.78 is 4.75. The maximum Gasteiger partial charge on any atom is 0.407 e. The van der Waals surface area contributed by atoms with E-state index in [1.807, 2.05) is 64.1 Å². The molecule has 6 rings (SSSR count). The van der Waals surface area contributed by atoms with Gasteiger partial charge in [0.15, 0.2) is 0 Å². The molecule has 2 fully saturated rings. The van der Waals surface area contributed by atoms with Crippen molar-refractivity contribution in [2.75, 3.05) is 20.2 Å². The highest BCUT2D eigenvalue weighted by Crippen LogP contribution is 2.35. The third-order valence-corrected chi connectivity index (χ3v) is 9.93. The number of ether oxygens (including phenoxy) is 1. The Kier molecular flexibility index (Phi) is 10.3. The molecule has 0 aliphatic carbocycles. The number of nitrogens with zero attached hydrogens (tertiary/aromatic N) is 4. The van der Waals surface area contributed by atoms with Crippen LogP contribution in [0.2, 0.25) is 0 Å². The van der Waals surface area contributed by atoms with Gasteiger partial charge in [-0.25, -0.2) is 19.6 Å². The summed E-state index contributed by atoms with van der Waals surface area (Å²) in [5.41, 5.74) is 5.46. The molecule has 0 saturated carbocycles. The fourth-order valence-electron chi connectivity index (χ4n) is 7.19. The van der Waals surface area contributed by atoms with E-state index in [4.69, 9.17) is 9.72 Å². The van der Waals surface area contributed by atoms with Crippen molar-refractivity contribution in [3.05, 3.63) is 60.3 Å². The maximum absolute atomic E-state index is 13.6. The number of carboxylic acid groups (broad SMARTS) is 1. The minimum atomic E-state index is -1.22. The lowest BCUT2D eigenvalue weighted by molar-refractivity contribution is -0.136. The zero-order valence-electron chi connectivity index (χ0n) is 29.6. The average Bonchev–Trinajstić information content (AvgIpc) is 3.94. The summed E-state index contributed by atoms with van der Waals surface area (Å²) in [6.07, 6.45) is 3.09. The molecule has 4 amide bonds. The number of carbonyl (C=O) groups excluding carboxylic acids is 3. The Morgan fingerprint density at radius 3 is 1.96 bits per heavy atom. The third kappa shape index (κ3) is 7.40. The number of aromatic nitrogens is 4. The van der Waals surface area contributed by atoms with E-state index in [1.165, 1.54) is 7.11 Å². The smallest absolute Gasteiger partial charge is 0.407 e. The topological polar surface area (TPSA) is 186 Å². The molecule has 270 valence electrons. The molecule has 14 nitrogen and oxygen atoms in total. The number of imidazole rings is 2. The highest BCUT2D eigenvalue weighted by atomic mass is 16.5. The van der Waals surface area contributed by atoms with Gasteiger partial charge in [-0.05, 0) is 66.3 Å². The number of fused-ring (bicyclic) bond motifs is 1. The average molecular weight is 699 g/mol. The molecule has 4 aromatic rings. The van der Waals surface area contributed by atoms with E-state index < -0.39 is 24.3 Å². The highest BCUT2D eigenvalue weighted by Gasteiger charge is 2.39. The molecule has 4 heterocycles. The quantitative estimate of drug-likeness (QED) is 0.141. The number of nitrogens with one attached hydrogen (secondary N) is 4. The molecule has 2 saturated heterocycles. The van der Waals surface area contributed by atoms with E-state index in [0.29, 0.717) is 18.9 Å². The second-order valence-corrected chi connectivity index (χ2v) is 14.0. The number of H-pyrrole nitrogens is 2. The van der Waals surface area contributed by atoms with Crippen LogP contribution in [0.5, 0.6) is 0 Å². The first kappa shape index (κ1) is 35.4. The molecule has 2 aliphatic heterocycles. The van der Waals surface area contributed by atoms with Gasteiger partial charge in [-0.3, -0.25) is 9.59 Å². The first-order chi connectivity index (χ1) is 24.4. The van der Waals surface area contributed by atoms with Crippen LogP contribution in [-0.2, 0) is 14.3 Å². The summed E-state index contributed by atoms with van der Waals surface area (Å²) in [6, 6.07) is 12.2. The Hall–Kier alpha value is -5.40. The van der Waals surface area contributed by atoms with Crippen molar-refractivity contribution in [3.63, 3.8) is 0 Å². The van der Waals surface area contributed by atoms with Gasteiger partial charge in [0.1, 0.15) is 23.7 Å². The second kappa shape index (κ2) is 14.8. The minimum absolute atomic E-state index is 0.113. The number of hydrogen-bond acceptors (Lipinski definition) is 7. The van der Waals surface area contributed by atoms with Crippen LogP contribution < -0.4 is 10.6 Å². The number of rotatable bonds is 10. The number of carbonyl (C=O) groups is 4. The summed E-state index contributed by atoms with van der Waals surface area (Å²) >= 11 is 0. The van der Waals surface area contributed by atoms with Crippen LogP contribution in [0, 0.1) is 11.8 Å². The molecule has 0 radical (unpaired) electrons. The van der Waals surface area contributed by atoms with Crippen LogP contribution in [0.25, 0.3) is 33.4 Å². The van der Waals surface area contributed by atoms with Gasteiger partial charge in [0, 0.05) is 13.1 Å². The largest absolute Gasteiger partial charge is 0.465 e. The normalized spacial score (nSPS) is 18.7. The molecule has 0 spiro atoms. The molecule has 5 N–H and O–H groups in total. The van der Waals surface area contributed by atoms with E-state index in [2.05, 4.69) is 31.7 Å². The van der Waals surface area contributed by atoms with Gasteiger partial charge in [0.25, 0.3) is 0 Å². The van der Waals surface area contributed by atoms with E-state index in [-0.39, 0.29) is 35.7 Å². The Morgan fingerprint density at radius 1 is 0.804 bits per heavy atom. The van der Waals surface area contributed by atoms with Crippen molar-refractivity contribution in [1.82, 2.24) is 40.4 Å². The van der Waals surface area contributed by atoms with Crippen LogP contribution >= 0.6 is 0 Å². The molecule has 51 heavy (non-hydrogen) atoms. The summed E-state index contributed by atoms with van der Waals surface area (Å²) in [5.74, 6) is 0.717. The maximum atomic E-state index is 13.6. The number of likely N-dealkylation sites (tertiary alicyclic amines) is 2. The summed E-state index contributed by atoms with van der Waals surface area (Å²) in [4.78, 5) is 70.1. The van der Waals surface area contributed by atoms with Gasteiger partial charge in [-0.2, -0.15) is 0 Å². The van der Waals surface area contributed by atoms with E-state index in [1.54, 1.807) is 16.0 Å². The third-order valence-electron chi connectivity index (χ3n) is 9.93. The lowest BCUT2D eigenvalue weighted by Crippen LogP contribution is -2.51. The molecule has 4 atom stereocenters. The predicted octanol–water partition coefficient (Wildman–Crippen LogP) is 5.62. The van der Waals surface area contributed by atoms with Crippen molar-refractivity contribution in [2.24, 2.45) is 11.8 Å². The van der Waals surface area contributed by atoms with Crippen LogP contribution in [-0.4, -0.2) is 91.1 Å². The summed E-state index contributed by atoms with van der Waals surface area (Å²) in [6.45, 7) is 8.58. The van der Waals surface area contributed by atoms with Crippen molar-refractivity contribution in [2.45, 2.75) is 77.5 Å². The second-order valence-electron chi connectivity index (χ2n) is 14.0. The number of alkyl carbamates (subject to hydrolysis) is 1. The van der Waals surface area contributed by atoms with Crippen LogP contribution in [0.1, 0.15) is 77.1 Å². The zero-order valence-corrected chi connectivity index (χ0v) is 29.6. The Labute approximate surface area is 296 Å². The summed E-state index contributed by atoms with van der Waals surface area (Å²) in [5, 5.41) is 14.3. The van der Waals surface area contributed by atoms with Crippen molar-refractivity contribution in [1.29, 1.82) is 0 Å². The van der Waals surface area contributed by atoms with Gasteiger partial charge in [-0.15, -0.1) is 0 Å². The van der Waals surface area contributed by atoms with E-state index in [0.717, 1.165) is 64.9 Å². The summed E-state index contributed by atoms with van der Waals surface area (Å²) in [7, 11) is 1.28. The molecule has 0 unspecified atom stereocenters. The minimum Gasteiger partial charge on any atom is -0.465 e. The van der Waals surface area contributed by atoms with Gasteiger partial charge < -0.3 is 40.2 Å². The molecule has 14 heteroatoms. The predicted molar refractivity (Wildman–Crippen MR) is 190 cm³/mol. The molecule has 2 aliphatic rings. The van der Waals surface area contributed by atoms with Crippen molar-refractivity contribution in [3.8, 4) is 22.4 Å². The monoisotopic (exact) mass is 698 g/mol. The molecule has 2 aromatic carbocycles. The number of methoxy groups -OCH3 is 1. The highest BCUT2D eigenvalue weighted by molar-refractivity contribution is 5.87. The lowest BCUT2D eigenvalue weighted by Gasteiger charge is -2.29. The SMILES string of the molecule is COC(=O)N[C@H](C(=O)N1CCC[C@H]1c1nc2ccc(-c3ccc(-c4cnc([C@@H]5CCCN5C(=O)[C@@H](NC(=O)O)C(C)C)[nH]4)cc3)cc2[nH]1)C(C)C. The number of aromatic amines is 2. The van der Waals surface area contributed by atoms with Gasteiger partial charge in [0.2, 0.25) is 11.8 Å². The molecule has 2 aromatic heterocycles. The number of benzene rings is 2. The van der Waals surface area contributed by atoms with E-state index >= 15 is 0 Å². The molecular formula is C37H46N8O6.